The van der Waals surface area contributed by atoms with E-state index in [0.717, 1.165) is 15.7 Å². The van der Waals surface area contributed by atoms with Crippen LogP contribution >= 0.6 is 15.9 Å². The van der Waals surface area contributed by atoms with E-state index in [1.54, 1.807) is 18.2 Å². The third-order valence-electron chi connectivity index (χ3n) is 3.76. The molecule has 7 heteroatoms. The van der Waals surface area contributed by atoms with Crippen molar-refractivity contribution in [2.45, 2.75) is 12.5 Å². The molecule has 1 atom stereocenters. The minimum atomic E-state index is -0.649. The molecule has 6 nitrogen and oxygen atoms in total. The van der Waals surface area contributed by atoms with Crippen molar-refractivity contribution < 1.29 is 19.1 Å². The van der Waals surface area contributed by atoms with Gasteiger partial charge in [-0.1, -0.05) is 33.2 Å². The smallest absolute Gasteiger partial charge is 0.268 e. The second-order valence-corrected chi connectivity index (χ2v) is 6.32. The molecule has 2 aliphatic heterocycles. The Bertz CT molecular complexity index is 837. The molecule has 0 radical (unpaired) electrons. The van der Waals surface area contributed by atoms with E-state index in [1.807, 2.05) is 24.3 Å². The van der Waals surface area contributed by atoms with Crippen LogP contribution in [0, 0.1) is 0 Å². The quantitative estimate of drug-likeness (QED) is 0.875. The topological polar surface area (TPSA) is 69.2 Å². The summed E-state index contributed by atoms with van der Waals surface area (Å²) >= 11 is 3.42. The van der Waals surface area contributed by atoms with Crippen LogP contribution < -0.4 is 14.8 Å². The van der Waals surface area contributed by atoms with Gasteiger partial charge in [0, 0.05) is 28.2 Å². The number of halogens is 1. The summed E-state index contributed by atoms with van der Waals surface area (Å²) in [5.74, 6) is 1.04. The van der Waals surface area contributed by atoms with Gasteiger partial charge in [-0.3, -0.25) is 4.79 Å². The number of fused-ring (bicyclic) bond motifs is 1. The van der Waals surface area contributed by atoms with E-state index in [-0.39, 0.29) is 12.7 Å². The molecule has 0 fully saturated rings. The second kappa shape index (κ2) is 6.16. The summed E-state index contributed by atoms with van der Waals surface area (Å²) < 4.78 is 11.5. The largest absolute Gasteiger partial charge is 0.454 e. The third-order valence-corrected chi connectivity index (χ3v) is 4.25. The lowest BCUT2D eigenvalue weighted by molar-refractivity contribution is -0.125. The number of anilines is 1. The summed E-state index contributed by atoms with van der Waals surface area (Å²) in [7, 11) is 0. The lowest BCUT2D eigenvalue weighted by atomic mass is 10.0. The van der Waals surface area contributed by atoms with Crippen LogP contribution in [-0.4, -0.2) is 24.5 Å². The molecule has 0 saturated heterocycles. The molecule has 2 aliphatic rings. The minimum absolute atomic E-state index is 0.197. The van der Waals surface area contributed by atoms with Crippen LogP contribution in [0.2, 0.25) is 0 Å². The van der Waals surface area contributed by atoms with Gasteiger partial charge >= 0.3 is 0 Å². The molecular weight excluding hydrogens is 376 g/mol. The first kappa shape index (κ1) is 15.0. The van der Waals surface area contributed by atoms with Gasteiger partial charge in [-0.25, -0.2) is 0 Å². The van der Waals surface area contributed by atoms with Gasteiger partial charge in [0.15, 0.2) is 11.5 Å². The summed E-state index contributed by atoms with van der Waals surface area (Å²) in [5, 5.41) is 6.85. The first-order valence-electron chi connectivity index (χ1n) is 7.38. The minimum Gasteiger partial charge on any atom is -0.454 e. The number of nitrogens with one attached hydrogen (secondary N) is 1. The summed E-state index contributed by atoms with van der Waals surface area (Å²) in [5.41, 5.74) is 2.31. The Morgan fingerprint density at radius 3 is 2.92 bits per heavy atom. The van der Waals surface area contributed by atoms with Crippen LogP contribution in [0.3, 0.4) is 0 Å². The Morgan fingerprint density at radius 1 is 1.17 bits per heavy atom. The summed E-state index contributed by atoms with van der Waals surface area (Å²) in [6.45, 7) is 0.197. The first-order valence-corrected chi connectivity index (χ1v) is 8.17. The van der Waals surface area contributed by atoms with Crippen LogP contribution in [0.25, 0.3) is 0 Å². The lowest BCUT2D eigenvalue weighted by Gasteiger charge is -2.10. The fourth-order valence-electron chi connectivity index (χ4n) is 2.55. The molecule has 1 N–H and O–H groups in total. The highest BCUT2D eigenvalue weighted by molar-refractivity contribution is 9.10. The fraction of sp³-hybridized carbons (Fsp3) is 0.176. The van der Waals surface area contributed by atoms with E-state index in [4.69, 9.17) is 14.3 Å². The maximum atomic E-state index is 12.4. The summed E-state index contributed by atoms with van der Waals surface area (Å²) in [4.78, 5) is 17.7. The van der Waals surface area contributed by atoms with Crippen LogP contribution in [0.1, 0.15) is 12.0 Å². The Kier molecular flexibility index (Phi) is 3.86. The van der Waals surface area contributed by atoms with Crippen molar-refractivity contribution in [1.82, 2.24) is 0 Å². The average molecular weight is 389 g/mol. The molecule has 0 saturated carbocycles. The third kappa shape index (κ3) is 2.94. The number of benzene rings is 2. The number of carbonyl (C=O) groups excluding carboxylic acids is 1. The maximum absolute atomic E-state index is 12.4. The van der Waals surface area contributed by atoms with E-state index in [1.165, 1.54) is 0 Å². The number of oxime groups is 1. The highest BCUT2D eigenvalue weighted by atomic mass is 79.9. The Morgan fingerprint density at radius 2 is 2.04 bits per heavy atom. The highest BCUT2D eigenvalue weighted by Crippen LogP contribution is 2.34. The molecule has 4 rings (SSSR count). The zero-order chi connectivity index (χ0) is 16.5. The molecule has 24 heavy (non-hydrogen) atoms. The molecule has 0 unspecified atom stereocenters. The number of carbonyl (C=O) groups is 1. The molecule has 0 aromatic heterocycles. The van der Waals surface area contributed by atoms with E-state index >= 15 is 0 Å². The van der Waals surface area contributed by atoms with E-state index in [0.29, 0.717) is 23.6 Å². The van der Waals surface area contributed by atoms with Crippen molar-refractivity contribution >= 4 is 33.2 Å². The van der Waals surface area contributed by atoms with Crippen molar-refractivity contribution in [1.29, 1.82) is 0 Å². The fourth-order valence-corrected chi connectivity index (χ4v) is 2.95. The van der Waals surface area contributed by atoms with E-state index < -0.39 is 6.10 Å². The van der Waals surface area contributed by atoms with Crippen molar-refractivity contribution in [2.24, 2.45) is 5.16 Å². The van der Waals surface area contributed by atoms with Crippen molar-refractivity contribution in [3.63, 3.8) is 0 Å². The number of hydrogen-bond donors (Lipinski definition) is 1. The van der Waals surface area contributed by atoms with Gasteiger partial charge in [-0.05, 0) is 24.3 Å². The van der Waals surface area contributed by atoms with Gasteiger partial charge in [0.1, 0.15) is 0 Å². The second-order valence-electron chi connectivity index (χ2n) is 5.40. The highest BCUT2D eigenvalue weighted by Gasteiger charge is 2.29. The van der Waals surface area contributed by atoms with Gasteiger partial charge in [-0.15, -0.1) is 0 Å². The van der Waals surface area contributed by atoms with Crippen LogP contribution in [-0.2, 0) is 9.63 Å². The van der Waals surface area contributed by atoms with Gasteiger partial charge in [-0.2, -0.15) is 0 Å². The zero-order valence-corrected chi connectivity index (χ0v) is 14.1. The number of ether oxygens (including phenoxy) is 2. The standard InChI is InChI=1S/C17H13BrN2O4/c18-11-3-1-2-10(6-11)13-8-16(24-20-13)17(21)19-12-4-5-14-15(7-12)23-9-22-14/h1-7,16H,8-9H2,(H,19,21)/t16-/m0/s1. The van der Waals surface area contributed by atoms with Crippen molar-refractivity contribution in [3.8, 4) is 11.5 Å². The molecule has 122 valence electrons. The predicted molar refractivity (Wildman–Crippen MR) is 91.4 cm³/mol. The summed E-state index contributed by atoms with van der Waals surface area (Å²) in [6.07, 6.45) is -0.225. The maximum Gasteiger partial charge on any atom is 0.268 e. The van der Waals surface area contributed by atoms with Gasteiger partial charge in [0.2, 0.25) is 12.9 Å². The molecule has 0 aliphatic carbocycles. The number of rotatable bonds is 3. The summed E-state index contributed by atoms with van der Waals surface area (Å²) in [6, 6.07) is 13.0. The number of amides is 1. The van der Waals surface area contributed by atoms with Crippen LogP contribution in [0.15, 0.2) is 52.1 Å². The molecule has 2 heterocycles. The molecule has 2 aromatic carbocycles. The van der Waals surface area contributed by atoms with E-state index in [2.05, 4.69) is 26.4 Å². The molecular formula is C17H13BrN2O4. The first-order chi connectivity index (χ1) is 11.7. The number of hydrogen-bond acceptors (Lipinski definition) is 5. The number of nitrogens with zero attached hydrogens (tertiary/aromatic N) is 1. The van der Waals surface area contributed by atoms with Crippen LogP contribution in [0.4, 0.5) is 5.69 Å². The predicted octanol–water partition coefficient (Wildman–Crippen LogP) is 3.31. The normalized spacial score (nSPS) is 18.0. The molecule has 1 amide bonds. The SMILES string of the molecule is O=C(Nc1ccc2c(c1)OCO2)[C@@H]1CC(c2cccc(Br)c2)=NO1. The van der Waals surface area contributed by atoms with Crippen molar-refractivity contribution in [2.75, 3.05) is 12.1 Å². The Balaban J connectivity index is 1.42. The Hall–Kier alpha value is -2.54. The van der Waals surface area contributed by atoms with Gasteiger partial charge in [0.05, 0.1) is 5.71 Å². The monoisotopic (exact) mass is 388 g/mol. The zero-order valence-electron chi connectivity index (χ0n) is 12.5. The average Bonchev–Trinajstić information content (AvgIpc) is 3.24. The molecule has 0 spiro atoms. The van der Waals surface area contributed by atoms with Crippen molar-refractivity contribution in [3.05, 3.63) is 52.5 Å². The Labute approximate surface area is 146 Å². The lowest BCUT2D eigenvalue weighted by Crippen LogP contribution is -2.28. The molecule has 2 aromatic rings. The van der Waals surface area contributed by atoms with Crippen LogP contribution in [0.5, 0.6) is 11.5 Å². The van der Waals surface area contributed by atoms with Gasteiger partial charge < -0.3 is 19.6 Å². The molecule has 0 bridgehead atoms. The van der Waals surface area contributed by atoms with E-state index in [9.17, 15) is 4.79 Å². The van der Waals surface area contributed by atoms with Gasteiger partial charge in [0.25, 0.3) is 5.91 Å².